The third kappa shape index (κ3) is 2.97. The van der Waals surface area contributed by atoms with Gasteiger partial charge in [0.2, 0.25) is 0 Å². The van der Waals surface area contributed by atoms with E-state index >= 15 is 0 Å². The lowest BCUT2D eigenvalue weighted by Crippen LogP contribution is -2.22. The van der Waals surface area contributed by atoms with Crippen LogP contribution >= 0.6 is 0 Å². The average Bonchev–Trinajstić information content (AvgIpc) is 2.75. The van der Waals surface area contributed by atoms with Crippen molar-refractivity contribution in [3.05, 3.63) is 46.3 Å². The predicted octanol–water partition coefficient (Wildman–Crippen LogP) is 6.08. The van der Waals surface area contributed by atoms with E-state index < -0.39 is 0 Å². The molecule has 0 aromatic heterocycles. The van der Waals surface area contributed by atoms with Crippen LogP contribution in [0, 0.1) is 5.82 Å². The maximum absolute atomic E-state index is 13.9. The number of nitrogens with one attached hydrogen (secondary N) is 1. The topological polar surface area (TPSA) is 12.0 Å². The Hall–Kier alpha value is -1.57. The lowest BCUT2D eigenvalue weighted by atomic mass is 9.93. The van der Waals surface area contributed by atoms with Gasteiger partial charge in [0.1, 0.15) is 5.82 Å². The number of benzene rings is 1. The molecule has 1 fully saturated rings. The van der Waals surface area contributed by atoms with E-state index in [1.807, 2.05) is 6.07 Å². The summed E-state index contributed by atoms with van der Waals surface area (Å²) in [6, 6.07) is 5.73. The van der Waals surface area contributed by atoms with E-state index in [2.05, 4.69) is 26.1 Å². The summed E-state index contributed by atoms with van der Waals surface area (Å²) in [6.07, 6.45) is 7.41. The van der Waals surface area contributed by atoms with Gasteiger partial charge in [-0.15, -0.1) is 0 Å². The largest absolute Gasteiger partial charge is 0.382 e. The van der Waals surface area contributed by atoms with Crippen LogP contribution in [-0.4, -0.2) is 6.04 Å². The van der Waals surface area contributed by atoms with Gasteiger partial charge in [-0.2, -0.15) is 0 Å². The molecule has 0 saturated heterocycles. The molecule has 118 valence electrons. The second-order valence-corrected chi connectivity index (χ2v) is 6.91. The van der Waals surface area contributed by atoms with E-state index in [4.69, 9.17) is 0 Å². The molecule has 0 heterocycles. The second kappa shape index (κ2) is 6.28. The van der Waals surface area contributed by atoms with Gasteiger partial charge in [-0.05, 0) is 69.4 Å². The minimum Gasteiger partial charge on any atom is -0.382 e. The van der Waals surface area contributed by atoms with Crippen molar-refractivity contribution in [2.24, 2.45) is 0 Å². The van der Waals surface area contributed by atoms with E-state index in [9.17, 15) is 4.39 Å². The first-order chi connectivity index (χ1) is 10.6. The number of hydrogen-bond acceptors (Lipinski definition) is 1. The Morgan fingerprint density at radius 3 is 2.36 bits per heavy atom. The van der Waals surface area contributed by atoms with Gasteiger partial charge >= 0.3 is 0 Å². The standard InChI is InChI=1S/C20H26FN/c1-13-11-14(2)20(15(13)3)18-12-16(21)9-10-19(18)22-17-7-5-4-6-8-17/h9-10,12,17,22H,4-8,11H2,1-3H3. The van der Waals surface area contributed by atoms with Crippen molar-refractivity contribution in [1.29, 1.82) is 0 Å². The minimum atomic E-state index is -0.151. The maximum Gasteiger partial charge on any atom is 0.123 e. The summed E-state index contributed by atoms with van der Waals surface area (Å²) < 4.78 is 13.9. The lowest BCUT2D eigenvalue weighted by molar-refractivity contribution is 0.462. The highest BCUT2D eigenvalue weighted by molar-refractivity contribution is 5.90. The number of rotatable bonds is 3. The summed E-state index contributed by atoms with van der Waals surface area (Å²) in [5, 5.41) is 3.69. The van der Waals surface area contributed by atoms with Gasteiger partial charge in [-0.3, -0.25) is 0 Å². The first kappa shape index (κ1) is 15.3. The Bertz CT molecular complexity index is 633. The number of allylic oxidation sites excluding steroid dienone is 4. The monoisotopic (exact) mass is 299 g/mol. The Morgan fingerprint density at radius 2 is 1.73 bits per heavy atom. The molecule has 2 aliphatic rings. The van der Waals surface area contributed by atoms with E-state index in [0.717, 1.165) is 17.7 Å². The third-order valence-electron chi connectivity index (χ3n) is 5.19. The molecule has 1 aromatic rings. The molecule has 22 heavy (non-hydrogen) atoms. The molecule has 2 heteroatoms. The third-order valence-corrected chi connectivity index (χ3v) is 5.19. The van der Waals surface area contributed by atoms with Gasteiger partial charge in [-0.1, -0.05) is 30.4 Å². The van der Waals surface area contributed by atoms with E-state index in [1.54, 1.807) is 12.1 Å². The molecule has 0 aliphatic heterocycles. The van der Waals surface area contributed by atoms with Gasteiger partial charge in [0.05, 0.1) is 0 Å². The number of anilines is 1. The Balaban J connectivity index is 1.96. The highest BCUT2D eigenvalue weighted by Gasteiger charge is 2.22. The fraction of sp³-hybridized carbons (Fsp3) is 0.500. The van der Waals surface area contributed by atoms with Crippen molar-refractivity contribution >= 4 is 11.3 Å². The smallest absolute Gasteiger partial charge is 0.123 e. The predicted molar refractivity (Wildman–Crippen MR) is 92.5 cm³/mol. The van der Waals surface area contributed by atoms with Crippen molar-refractivity contribution in [2.75, 3.05) is 5.32 Å². The molecule has 0 radical (unpaired) electrons. The van der Waals surface area contributed by atoms with Gasteiger partial charge < -0.3 is 5.32 Å². The SMILES string of the molecule is CC1=C(C)C(c2cc(F)ccc2NC2CCCCC2)=C(C)C1. The Labute approximate surface area is 133 Å². The molecular weight excluding hydrogens is 273 g/mol. The molecule has 0 unspecified atom stereocenters. The average molecular weight is 299 g/mol. The fourth-order valence-electron chi connectivity index (χ4n) is 3.90. The molecule has 0 amide bonds. The van der Waals surface area contributed by atoms with E-state index in [-0.39, 0.29) is 5.82 Å². The zero-order chi connectivity index (χ0) is 15.7. The van der Waals surface area contributed by atoms with Crippen LogP contribution in [0.1, 0.15) is 64.9 Å². The lowest BCUT2D eigenvalue weighted by Gasteiger charge is -2.26. The summed E-state index contributed by atoms with van der Waals surface area (Å²) in [5.41, 5.74) is 7.45. The minimum absolute atomic E-state index is 0.151. The van der Waals surface area contributed by atoms with Crippen LogP contribution < -0.4 is 5.32 Å². The molecule has 3 rings (SSSR count). The van der Waals surface area contributed by atoms with Gasteiger partial charge in [0.25, 0.3) is 0 Å². The quantitative estimate of drug-likeness (QED) is 0.712. The molecule has 1 N–H and O–H groups in total. The van der Waals surface area contributed by atoms with Crippen molar-refractivity contribution in [2.45, 2.75) is 65.3 Å². The van der Waals surface area contributed by atoms with Crippen molar-refractivity contribution < 1.29 is 4.39 Å². The zero-order valence-electron chi connectivity index (χ0n) is 13.9. The number of hydrogen-bond donors (Lipinski definition) is 1. The normalized spacial score (nSPS) is 20.0. The summed E-state index contributed by atoms with van der Waals surface area (Å²) in [6.45, 7) is 6.51. The first-order valence-electron chi connectivity index (χ1n) is 8.49. The van der Waals surface area contributed by atoms with Gasteiger partial charge in [-0.25, -0.2) is 4.39 Å². The maximum atomic E-state index is 13.9. The van der Waals surface area contributed by atoms with Crippen LogP contribution in [0.5, 0.6) is 0 Å². The van der Waals surface area contributed by atoms with E-state index in [1.165, 1.54) is 54.4 Å². The van der Waals surface area contributed by atoms with Crippen LogP contribution in [0.25, 0.3) is 5.57 Å². The summed E-state index contributed by atoms with van der Waals surface area (Å²) in [7, 11) is 0. The van der Waals surface area contributed by atoms with Gasteiger partial charge in [0, 0.05) is 17.3 Å². The molecule has 0 bridgehead atoms. The second-order valence-electron chi connectivity index (χ2n) is 6.91. The molecular formula is C20H26FN. The van der Waals surface area contributed by atoms with Crippen LogP contribution in [0.4, 0.5) is 10.1 Å². The number of halogens is 1. The van der Waals surface area contributed by atoms with Crippen LogP contribution in [0.15, 0.2) is 34.9 Å². The van der Waals surface area contributed by atoms with Gasteiger partial charge in [0.15, 0.2) is 0 Å². The first-order valence-corrected chi connectivity index (χ1v) is 8.49. The van der Waals surface area contributed by atoms with Crippen LogP contribution in [-0.2, 0) is 0 Å². The molecule has 2 aliphatic carbocycles. The van der Waals surface area contributed by atoms with Crippen molar-refractivity contribution in [1.82, 2.24) is 0 Å². The Morgan fingerprint density at radius 1 is 1.00 bits per heavy atom. The fourth-order valence-corrected chi connectivity index (χ4v) is 3.90. The van der Waals surface area contributed by atoms with Crippen molar-refractivity contribution in [3.63, 3.8) is 0 Å². The van der Waals surface area contributed by atoms with Crippen LogP contribution in [0.2, 0.25) is 0 Å². The molecule has 1 aromatic carbocycles. The summed E-state index contributed by atoms with van der Waals surface area (Å²) >= 11 is 0. The van der Waals surface area contributed by atoms with E-state index in [0.29, 0.717) is 6.04 Å². The Kier molecular flexibility index (Phi) is 4.37. The highest BCUT2D eigenvalue weighted by atomic mass is 19.1. The van der Waals surface area contributed by atoms with Crippen molar-refractivity contribution in [3.8, 4) is 0 Å². The zero-order valence-corrected chi connectivity index (χ0v) is 13.9. The molecule has 0 spiro atoms. The highest BCUT2D eigenvalue weighted by Crippen LogP contribution is 2.41. The molecule has 1 nitrogen and oxygen atoms in total. The molecule has 0 atom stereocenters. The van der Waals surface area contributed by atoms with Crippen LogP contribution in [0.3, 0.4) is 0 Å². The summed E-state index contributed by atoms with van der Waals surface area (Å²) in [5.74, 6) is -0.151. The summed E-state index contributed by atoms with van der Waals surface area (Å²) in [4.78, 5) is 0. The molecule has 1 saturated carbocycles.